The van der Waals surface area contributed by atoms with Gasteiger partial charge < -0.3 is 14.4 Å². The highest BCUT2D eigenvalue weighted by Gasteiger charge is 2.29. The normalized spacial score (nSPS) is 13.8. The van der Waals surface area contributed by atoms with Gasteiger partial charge in [0, 0.05) is 17.1 Å². The van der Waals surface area contributed by atoms with Crippen LogP contribution in [-0.2, 0) is 20.7 Å². The summed E-state index contributed by atoms with van der Waals surface area (Å²) in [6.07, 6.45) is 0.0285. The van der Waals surface area contributed by atoms with Crippen molar-refractivity contribution in [1.82, 2.24) is 0 Å². The van der Waals surface area contributed by atoms with Gasteiger partial charge in [0.15, 0.2) is 6.10 Å². The average molecular weight is 371 g/mol. The van der Waals surface area contributed by atoms with Crippen LogP contribution >= 0.6 is 11.8 Å². The number of benzene rings is 2. The molecule has 0 aromatic heterocycles. The third-order valence-corrected chi connectivity index (χ3v) is 5.21. The van der Waals surface area contributed by atoms with Crippen molar-refractivity contribution in [2.24, 2.45) is 0 Å². The molecule has 0 N–H and O–H groups in total. The largest absolute Gasteiger partial charge is 0.497 e. The first-order valence-electron chi connectivity index (χ1n) is 8.44. The fourth-order valence-corrected chi connectivity index (χ4v) is 3.56. The van der Waals surface area contributed by atoms with E-state index < -0.39 is 12.1 Å². The smallest absolute Gasteiger partial charge is 0.317 e. The van der Waals surface area contributed by atoms with Crippen molar-refractivity contribution in [3.05, 3.63) is 54.1 Å². The monoisotopic (exact) mass is 371 g/mol. The second-order valence-corrected chi connectivity index (χ2v) is 7.01. The maximum atomic E-state index is 12.6. The first-order chi connectivity index (χ1) is 12.6. The van der Waals surface area contributed by atoms with Gasteiger partial charge in [-0.05, 0) is 49.2 Å². The fourth-order valence-electron chi connectivity index (χ4n) is 2.88. The zero-order valence-electron chi connectivity index (χ0n) is 14.8. The highest BCUT2D eigenvalue weighted by Crippen LogP contribution is 2.28. The summed E-state index contributed by atoms with van der Waals surface area (Å²) in [5.74, 6) is 0.333. The van der Waals surface area contributed by atoms with E-state index >= 15 is 0 Å². The number of carbonyl (C=O) groups is 2. The summed E-state index contributed by atoms with van der Waals surface area (Å²) in [4.78, 5) is 27.3. The van der Waals surface area contributed by atoms with Crippen molar-refractivity contribution in [3.63, 3.8) is 0 Å². The molecule has 0 spiro atoms. The summed E-state index contributed by atoms with van der Waals surface area (Å²) in [6.45, 7) is 2.25. The lowest BCUT2D eigenvalue weighted by Gasteiger charge is -2.21. The van der Waals surface area contributed by atoms with Crippen molar-refractivity contribution in [2.45, 2.75) is 24.3 Å². The predicted octanol–water partition coefficient (Wildman–Crippen LogP) is 3.31. The molecule has 1 aliphatic rings. The van der Waals surface area contributed by atoms with Gasteiger partial charge in [0.05, 0.1) is 12.9 Å². The Balaban J connectivity index is 1.51. The SMILES string of the molecule is COc1ccc(SCC(=O)O[C@H](C)C(=O)N2CCc3ccccc32)cc1. The molecule has 136 valence electrons. The van der Waals surface area contributed by atoms with Crippen LogP contribution in [0.4, 0.5) is 5.69 Å². The molecule has 26 heavy (non-hydrogen) atoms. The number of thioether (sulfide) groups is 1. The first kappa shape index (κ1) is 18.3. The molecule has 1 amide bonds. The van der Waals surface area contributed by atoms with Crippen LogP contribution in [0.25, 0.3) is 0 Å². The lowest BCUT2D eigenvalue weighted by Crippen LogP contribution is -2.39. The second kappa shape index (κ2) is 8.27. The van der Waals surface area contributed by atoms with Crippen molar-refractivity contribution in [3.8, 4) is 5.75 Å². The quantitative estimate of drug-likeness (QED) is 0.576. The standard InChI is InChI=1S/C20H21NO4S/c1-14(20(23)21-12-11-15-5-3-4-6-18(15)21)25-19(22)13-26-17-9-7-16(24-2)8-10-17/h3-10,14H,11-13H2,1-2H3/t14-/m1/s1. The number of ether oxygens (including phenoxy) is 2. The molecular formula is C20H21NO4S. The molecule has 0 saturated carbocycles. The molecule has 5 nitrogen and oxygen atoms in total. The van der Waals surface area contributed by atoms with E-state index in [9.17, 15) is 9.59 Å². The Morgan fingerprint density at radius 3 is 2.62 bits per heavy atom. The molecule has 0 fully saturated rings. The predicted molar refractivity (Wildman–Crippen MR) is 102 cm³/mol. The highest BCUT2D eigenvalue weighted by molar-refractivity contribution is 8.00. The van der Waals surface area contributed by atoms with Gasteiger partial charge in [-0.15, -0.1) is 11.8 Å². The summed E-state index contributed by atoms with van der Waals surface area (Å²) < 4.78 is 10.4. The number of nitrogens with zero attached hydrogens (tertiary/aromatic N) is 1. The van der Waals surface area contributed by atoms with Crippen LogP contribution in [0.5, 0.6) is 5.75 Å². The molecule has 0 radical (unpaired) electrons. The molecule has 3 rings (SSSR count). The van der Waals surface area contributed by atoms with Gasteiger partial charge in [-0.2, -0.15) is 0 Å². The molecule has 0 unspecified atom stereocenters. The number of amides is 1. The Hall–Kier alpha value is -2.47. The van der Waals surface area contributed by atoms with Gasteiger partial charge in [-0.25, -0.2) is 0 Å². The van der Waals surface area contributed by atoms with Gasteiger partial charge in [0.2, 0.25) is 0 Å². The fraction of sp³-hybridized carbons (Fsp3) is 0.300. The Labute approximate surface area is 157 Å². The number of hydrogen-bond acceptors (Lipinski definition) is 5. The zero-order chi connectivity index (χ0) is 18.5. The molecular weight excluding hydrogens is 350 g/mol. The van der Waals surface area contributed by atoms with Crippen LogP contribution in [0, 0.1) is 0 Å². The van der Waals surface area contributed by atoms with E-state index in [0.29, 0.717) is 6.54 Å². The molecule has 1 aliphatic heterocycles. The molecule has 6 heteroatoms. The lowest BCUT2D eigenvalue weighted by atomic mass is 10.2. The van der Waals surface area contributed by atoms with E-state index in [1.54, 1.807) is 18.9 Å². The summed E-state index contributed by atoms with van der Waals surface area (Å²) in [5, 5.41) is 0. The number of methoxy groups -OCH3 is 1. The number of hydrogen-bond donors (Lipinski definition) is 0. The third kappa shape index (κ3) is 4.19. The molecule has 0 saturated heterocycles. The van der Waals surface area contributed by atoms with Gasteiger partial charge >= 0.3 is 5.97 Å². The van der Waals surface area contributed by atoms with Gasteiger partial charge in [0.25, 0.3) is 5.91 Å². The average Bonchev–Trinajstić information content (AvgIpc) is 3.10. The number of carbonyl (C=O) groups excluding carboxylic acids is 2. The Morgan fingerprint density at radius 1 is 1.15 bits per heavy atom. The second-order valence-electron chi connectivity index (χ2n) is 5.96. The maximum Gasteiger partial charge on any atom is 0.317 e. The topological polar surface area (TPSA) is 55.8 Å². The molecule has 0 aliphatic carbocycles. The summed E-state index contributed by atoms with van der Waals surface area (Å²) >= 11 is 1.37. The summed E-state index contributed by atoms with van der Waals surface area (Å²) in [7, 11) is 1.61. The van der Waals surface area contributed by atoms with Gasteiger partial charge in [-0.1, -0.05) is 18.2 Å². The van der Waals surface area contributed by atoms with Crippen molar-refractivity contribution in [2.75, 3.05) is 24.3 Å². The van der Waals surface area contributed by atoms with Crippen LogP contribution in [0.3, 0.4) is 0 Å². The van der Waals surface area contributed by atoms with Crippen molar-refractivity contribution >= 4 is 29.3 Å². The van der Waals surface area contributed by atoms with Crippen molar-refractivity contribution in [1.29, 1.82) is 0 Å². The maximum absolute atomic E-state index is 12.6. The van der Waals surface area contributed by atoms with Crippen molar-refractivity contribution < 1.29 is 19.1 Å². The molecule has 1 atom stereocenters. The van der Waals surface area contributed by atoms with E-state index in [2.05, 4.69) is 0 Å². The van der Waals surface area contributed by atoms with Crippen LogP contribution in [0.1, 0.15) is 12.5 Å². The van der Waals surface area contributed by atoms with E-state index in [4.69, 9.17) is 9.47 Å². The molecule has 0 bridgehead atoms. The Kier molecular flexibility index (Phi) is 5.83. The van der Waals surface area contributed by atoms with E-state index in [1.807, 2.05) is 48.5 Å². The number of para-hydroxylation sites is 1. The lowest BCUT2D eigenvalue weighted by molar-refractivity contribution is -0.151. The van der Waals surface area contributed by atoms with Crippen LogP contribution < -0.4 is 9.64 Å². The molecule has 2 aromatic carbocycles. The van der Waals surface area contributed by atoms with Gasteiger partial charge in [0.1, 0.15) is 5.75 Å². The third-order valence-electron chi connectivity index (χ3n) is 4.23. The first-order valence-corrected chi connectivity index (χ1v) is 9.42. The molecule has 2 aromatic rings. The summed E-state index contributed by atoms with van der Waals surface area (Å²) in [6, 6.07) is 15.3. The zero-order valence-corrected chi connectivity index (χ0v) is 15.6. The number of fused-ring (bicyclic) bond motifs is 1. The highest BCUT2D eigenvalue weighted by atomic mass is 32.2. The van der Waals surface area contributed by atoms with E-state index in [-0.39, 0.29) is 11.7 Å². The van der Waals surface area contributed by atoms with Crippen LogP contribution in [0.15, 0.2) is 53.4 Å². The Morgan fingerprint density at radius 2 is 1.88 bits per heavy atom. The van der Waals surface area contributed by atoms with E-state index in [0.717, 1.165) is 28.3 Å². The van der Waals surface area contributed by atoms with Crippen LogP contribution in [0.2, 0.25) is 0 Å². The number of rotatable bonds is 6. The number of esters is 1. The Bertz CT molecular complexity index is 791. The minimum absolute atomic E-state index is 0.153. The van der Waals surface area contributed by atoms with Gasteiger partial charge in [-0.3, -0.25) is 9.59 Å². The van der Waals surface area contributed by atoms with E-state index in [1.165, 1.54) is 11.8 Å². The number of anilines is 1. The molecule has 1 heterocycles. The minimum atomic E-state index is -0.801. The minimum Gasteiger partial charge on any atom is -0.497 e. The van der Waals surface area contributed by atoms with Crippen LogP contribution in [-0.4, -0.2) is 37.4 Å². The summed E-state index contributed by atoms with van der Waals surface area (Å²) in [5.41, 5.74) is 2.06.